The van der Waals surface area contributed by atoms with Crippen molar-refractivity contribution in [2.75, 3.05) is 26.2 Å². The summed E-state index contributed by atoms with van der Waals surface area (Å²) in [6.07, 6.45) is 0.352. The third kappa shape index (κ3) is 6.94. The van der Waals surface area contributed by atoms with Crippen LogP contribution in [-0.2, 0) is 16.0 Å². The number of nitrogens with zero attached hydrogens (tertiary/aromatic N) is 2. The number of benzene rings is 1. The second-order valence-electron chi connectivity index (χ2n) is 4.47. The first-order valence-electron chi connectivity index (χ1n) is 6.39. The van der Waals surface area contributed by atoms with Gasteiger partial charge in [-0.05, 0) is 17.7 Å². The summed E-state index contributed by atoms with van der Waals surface area (Å²) in [5.41, 5.74) is 11.1. The zero-order chi connectivity index (χ0) is 15.7. The van der Waals surface area contributed by atoms with E-state index in [4.69, 9.17) is 21.5 Å². The number of ether oxygens (including phenoxy) is 1. The first-order chi connectivity index (χ1) is 10.0. The van der Waals surface area contributed by atoms with Crippen LogP contribution in [0.15, 0.2) is 24.3 Å². The largest absolute Gasteiger partial charge is 0.492 e. The van der Waals surface area contributed by atoms with Gasteiger partial charge < -0.3 is 16.2 Å². The van der Waals surface area contributed by atoms with E-state index in [0.29, 0.717) is 18.7 Å². The van der Waals surface area contributed by atoms with Crippen LogP contribution in [0.1, 0.15) is 5.56 Å². The zero-order valence-corrected chi connectivity index (χ0v) is 11.6. The molecule has 0 fully saturated rings. The SMILES string of the molecule is N#CCc1ccc(OCCN(CC(N)=O)CC(N)=O)cc1. The number of hydrogen-bond acceptors (Lipinski definition) is 5. The summed E-state index contributed by atoms with van der Waals surface area (Å²) in [6, 6.07) is 9.21. The lowest BCUT2D eigenvalue weighted by Gasteiger charge is -2.18. The van der Waals surface area contributed by atoms with Gasteiger partial charge in [0, 0.05) is 6.54 Å². The molecule has 4 N–H and O–H groups in total. The maximum atomic E-state index is 10.9. The molecular formula is C14H18N4O3. The number of rotatable bonds is 9. The van der Waals surface area contributed by atoms with Gasteiger partial charge in [-0.25, -0.2) is 0 Å². The lowest BCUT2D eigenvalue weighted by atomic mass is 10.2. The third-order valence-electron chi connectivity index (χ3n) is 2.64. The van der Waals surface area contributed by atoms with Crippen LogP contribution in [0.25, 0.3) is 0 Å². The van der Waals surface area contributed by atoms with E-state index in [-0.39, 0.29) is 19.7 Å². The summed E-state index contributed by atoms with van der Waals surface area (Å²) in [4.78, 5) is 23.3. The summed E-state index contributed by atoms with van der Waals surface area (Å²) >= 11 is 0. The number of hydrogen-bond donors (Lipinski definition) is 2. The average Bonchev–Trinajstić information content (AvgIpc) is 2.39. The van der Waals surface area contributed by atoms with Crippen LogP contribution in [0.5, 0.6) is 5.75 Å². The molecule has 0 aromatic heterocycles. The molecule has 0 unspecified atom stereocenters. The lowest BCUT2D eigenvalue weighted by molar-refractivity contribution is -0.122. The molecule has 0 spiro atoms. The van der Waals surface area contributed by atoms with Crippen molar-refractivity contribution in [2.45, 2.75) is 6.42 Å². The number of carbonyl (C=O) groups is 2. The van der Waals surface area contributed by atoms with Crippen molar-refractivity contribution in [1.29, 1.82) is 5.26 Å². The Labute approximate surface area is 123 Å². The molecule has 0 atom stereocenters. The minimum atomic E-state index is -0.530. The van der Waals surface area contributed by atoms with Crippen LogP contribution >= 0.6 is 0 Å². The molecule has 0 radical (unpaired) electrons. The molecule has 0 saturated heterocycles. The Balaban J connectivity index is 2.43. The van der Waals surface area contributed by atoms with Gasteiger partial charge in [-0.1, -0.05) is 12.1 Å². The molecule has 0 aliphatic carbocycles. The molecule has 21 heavy (non-hydrogen) atoms. The van der Waals surface area contributed by atoms with Gasteiger partial charge in [0.15, 0.2) is 0 Å². The molecule has 7 heteroatoms. The van der Waals surface area contributed by atoms with Crippen LogP contribution in [0, 0.1) is 11.3 Å². The van der Waals surface area contributed by atoms with Crippen LogP contribution in [0.4, 0.5) is 0 Å². The van der Waals surface area contributed by atoms with Crippen LogP contribution in [0.2, 0.25) is 0 Å². The van der Waals surface area contributed by atoms with Crippen molar-refractivity contribution in [2.24, 2.45) is 11.5 Å². The molecule has 0 aliphatic heterocycles. The minimum Gasteiger partial charge on any atom is -0.492 e. The Morgan fingerprint density at radius 3 is 2.19 bits per heavy atom. The third-order valence-corrected chi connectivity index (χ3v) is 2.64. The fourth-order valence-electron chi connectivity index (χ4n) is 1.74. The average molecular weight is 290 g/mol. The lowest BCUT2D eigenvalue weighted by Crippen LogP contribution is -2.41. The molecule has 7 nitrogen and oxygen atoms in total. The van der Waals surface area contributed by atoms with Gasteiger partial charge in [-0.15, -0.1) is 0 Å². The normalized spacial score (nSPS) is 10.1. The predicted octanol–water partition coefficient (Wildman–Crippen LogP) is -0.596. The van der Waals surface area contributed by atoms with Crippen molar-refractivity contribution in [3.63, 3.8) is 0 Å². The van der Waals surface area contributed by atoms with Crippen LogP contribution in [-0.4, -0.2) is 43.0 Å². The summed E-state index contributed by atoms with van der Waals surface area (Å²) in [6.45, 7) is 0.546. The molecule has 0 bridgehead atoms. The Morgan fingerprint density at radius 2 is 1.71 bits per heavy atom. The number of primary amides is 2. The van der Waals surface area contributed by atoms with Crippen molar-refractivity contribution >= 4 is 11.8 Å². The molecule has 2 amide bonds. The van der Waals surface area contributed by atoms with Gasteiger partial charge in [0.2, 0.25) is 11.8 Å². The van der Waals surface area contributed by atoms with Gasteiger partial charge in [-0.3, -0.25) is 14.5 Å². The molecule has 0 aliphatic rings. The number of carbonyl (C=O) groups excluding carboxylic acids is 2. The van der Waals surface area contributed by atoms with Gasteiger partial charge in [0.25, 0.3) is 0 Å². The molecule has 1 aromatic carbocycles. The fraction of sp³-hybridized carbons (Fsp3) is 0.357. The highest BCUT2D eigenvalue weighted by atomic mass is 16.5. The van der Waals surface area contributed by atoms with Crippen molar-refractivity contribution < 1.29 is 14.3 Å². The molecule has 0 saturated carbocycles. The highest BCUT2D eigenvalue weighted by molar-refractivity contribution is 5.79. The Hall–Kier alpha value is -2.59. The van der Waals surface area contributed by atoms with Crippen LogP contribution in [0.3, 0.4) is 0 Å². The smallest absolute Gasteiger partial charge is 0.231 e. The van der Waals surface area contributed by atoms with Crippen molar-refractivity contribution in [3.05, 3.63) is 29.8 Å². The highest BCUT2D eigenvalue weighted by Crippen LogP contribution is 2.12. The maximum absolute atomic E-state index is 10.9. The van der Waals surface area contributed by atoms with E-state index in [1.165, 1.54) is 4.90 Å². The number of nitrogens with two attached hydrogens (primary N) is 2. The fourth-order valence-corrected chi connectivity index (χ4v) is 1.74. The zero-order valence-electron chi connectivity index (χ0n) is 11.6. The highest BCUT2D eigenvalue weighted by Gasteiger charge is 2.11. The van der Waals surface area contributed by atoms with E-state index in [2.05, 4.69) is 6.07 Å². The second kappa shape index (κ2) is 8.55. The summed E-state index contributed by atoms with van der Waals surface area (Å²) < 4.78 is 5.50. The first kappa shape index (κ1) is 16.5. The molecule has 1 aromatic rings. The standard InChI is InChI=1S/C14H18N4O3/c15-6-5-11-1-3-12(4-2-11)21-8-7-18(9-13(16)19)10-14(17)20/h1-4H,5,7-10H2,(H2,16,19)(H2,17,20). The van der Waals surface area contributed by atoms with Crippen LogP contribution < -0.4 is 16.2 Å². The van der Waals surface area contributed by atoms with Crippen molar-refractivity contribution in [1.82, 2.24) is 4.90 Å². The van der Waals surface area contributed by atoms with E-state index in [9.17, 15) is 9.59 Å². The summed E-state index contributed by atoms with van der Waals surface area (Å²) in [5.74, 6) is -0.413. The Bertz CT molecular complexity index is 506. The molecular weight excluding hydrogens is 272 g/mol. The van der Waals surface area contributed by atoms with Gasteiger partial charge in [-0.2, -0.15) is 5.26 Å². The quantitative estimate of drug-likeness (QED) is 0.629. The Kier molecular flexibility index (Phi) is 6.71. The number of amides is 2. The Morgan fingerprint density at radius 1 is 1.14 bits per heavy atom. The second-order valence-corrected chi connectivity index (χ2v) is 4.47. The predicted molar refractivity (Wildman–Crippen MR) is 76.1 cm³/mol. The summed E-state index contributed by atoms with van der Waals surface area (Å²) in [5, 5.41) is 8.57. The van der Waals surface area contributed by atoms with E-state index in [0.717, 1.165) is 5.56 Å². The summed E-state index contributed by atoms with van der Waals surface area (Å²) in [7, 11) is 0. The number of nitriles is 1. The van der Waals surface area contributed by atoms with Gasteiger partial charge in [0.1, 0.15) is 12.4 Å². The van der Waals surface area contributed by atoms with E-state index in [1.54, 1.807) is 12.1 Å². The van der Waals surface area contributed by atoms with E-state index < -0.39 is 11.8 Å². The first-order valence-corrected chi connectivity index (χ1v) is 6.39. The molecule has 0 heterocycles. The van der Waals surface area contributed by atoms with Gasteiger partial charge in [0.05, 0.1) is 25.6 Å². The van der Waals surface area contributed by atoms with Gasteiger partial charge >= 0.3 is 0 Å². The van der Waals surface area contributed by atoms with E-state index >= 15 is 0 Å². The monoisotopic (exact) mass is 290 g/mol. The maximum Gasteiger partial charge on any atom is 0.231 e. The molecule has 1 rings (SSSR count). The van der Waals surface area contributed by atoms with Crippen molar-refractivity contribution in [3.8, 4) is 11.8 Å². The molecule has 112 valence electrons. The minimum absolute atomic E-state index is 0.0482. The van der Waals surface area contributed by atoms with E-state index in [1.807, 2.05) is 12.1 Å². The topological polar surface area (TPSA) is 122 Å².